The molecule has 5 nitrogen and oxygen atoms in total. The third-order valence-electron chi connectivity index (χ3n) is 4.13. The van der Waals surface area contributed by atoms with E-state index in [1.54, 1.807) is 0 Å². The summed E-state index contributed by atoms with van der Waals surface area (Å²) >= 11 is 1.09. The molecule has 0 saturated heterocycles. The fourth-order valence-electron chi connectivity index (χ4n) is 2.90. The Morgan fingerprint density at radius 1 is 1.15 bits per heavy atom. The van der Waals surface area contributed by atoms with Crippen molar-refractivity contribution >= 4 is 23.6 Å². The van der Waals surface area contributed by atoms with Gasteiger partial charge in [0.05, 0.1) is 11.5 Å². The van der Waals surface area contributed by atoms with Gasteiger partial charge >= 0.3 is 5.97 Å². The monoisotopic (exact) mass is 371 g/mol. The quantitative estimate of drug-likeness (QED) is 0.782. The number of fused-ring (bicyclic) bond motifs is 1. The van der Waals surface area contributed by atoms with Crippen LogP contribution in [0, 0.1) is 0 Å². The van der Waals surface area contributed by atoms with Crippen molar-refractivity contribution in [2.24, 2.45) is 0 Å². The Morgan fingerprint density at radius 2 is 1.88 bits per heavy atom. The molecule has 1 aliphatic rings. The molecule has 2 N–H and O–H groups in total. The molecule has 2 aromatic carbocycles. The van der Waals surface area contributed by atoms with Crippen LogP contribution in [0.1, 0.15) is 18.1 Å². The van der Waals surface area contributed by atoms with E-state index >= 15 is 0 Å². The summed E-state index contributed by atoms with van der Waals surface area (Å²) in [7, 11) is 0. The molecular weight excluding hydrogens is 350 g/mol. The van der Waals surface area contributed by atoms with Gasteiger partial charge in [-0.2, -0.15) is 0 Å². The minimum atomic E-state index is -0.911. The molecule has 26 heavy (non-hydrogen) atoms. The largest absolute Gasteiger partial charge is 0.490 e. The molecule has 1 aliphatic heterocycles. The molecule has 1 unspecified atom stereocenters. The normalized spacial score (nSPS) is 15.2. The molecule has 0 aliphatic carbocycles. The lowest BCUT2D eigenvalue weighted by molar-refractivity contribution is -0.133. The number of hydrogen-bond acceptors (Lipinski definition) is 4. The van der Waals surface area contributed by atoms with Crippen molar-refractivity contribution in [2.45, 2.75) is 26.0 Å². The van der Waals surface area contributed by atoms with Crippen LogP contribution in [0.4, 0.5) is 0 Å². The Labute approximate surface area is 156 Å². The summed E-state index contributed by atoms with van der Waals surface area (Å²) in [5.41, 5.74) is 4.52. The maximum Gasteiger partial charge on any atom is 0.313 e. The lowest BCUT2D eigenvalue weighted by Gasteiger charge is -2.08. The van der Waals surface area contributed by atoms with Crippen molar-refractivity contribution in [1.29, 1.82) is 0 Å². The highest BCUT2D eigenvalue weighted by Gasteiger charge is 2.19. The zero-order chi connectivity index (χ0) is 18.5. The number of carbonyl (C=O) groups excluding carboxylic acids is 1. The number of hydrogen-bond donors (Lipinski definition) is 2. The summed E-state index contributed by atoms with van der Waals surface area (Å²) < 4.78 is 5.74. The fraction of sp³-hybridized carbons (Fsp3) is 0.300. The van der Waals surface area contributed by atoms with Crippen LogP contribution in [0.5, 0.6) is 5.75 Å². The molecule has 6 heteroatoms. The molecule has 0 saturated carbocycles. The molecule has 1 amide bonds. The van der Waals surface area contributed by atoms with E-state index in [4.69, 9.17) is 9.84 Å². The third-order valence-corrected chi connectivity index (χ3v) is 5.05. The molecule has 0 spiro atoms. The Hall–Kier alpha value is -2.47. The topological polar surface area (TPSA) is 75.6 Å². The van der Waals surface area contributed by atoms with E-state index in [1.807, 2.05) is 30.3 Å². The molecule has 3 rings (SSSR count). The number of aliphatic carboxylic acids is 1. The minimum Gasteiger partial charge on any atom is -0.490 e. The number of amides is 1. The first kappa shape index (κ1) is 18.3. The number of benzene rings is 2. The Morgan fingerprint density at radius 3 is 2.62 bits per heavy atom. The van der Waals surface area contributed by atoms with Crippen LogP contribution in [0.2, 0.25) is 0 Å². The number of nitrogens with one attached hydrogen (secondary N) is 1. The maximum atomic E-state index is 11.7. The van der Waals surface area contributed by atoms with Gasteiger partial charge < -0.3 is 15.2 Å². The summed E-state index contributed by atoms with van der Waals surface area (Å²) in [4.78, 5) is 22.1. The zero-order valence-electron chi connectivity index (χ0n) is 14.5. The van der Waals surface area contributed by atoms with Gasteiger partial charge in [0, 0.05) is 13.0 Å². The van der Waals surface area contributed by atoms with Crippen LogP contribution in [0.25, 0.3) is 11.1 Å². The molecule has 0 aromatic heterocycles. The van der Waals surface area contributed by atoms with Crippen LogP contribution >= 0.6 is 11.8 Å². The first-order valence-electron chi connectivity index (χ1n) is 8.46. The van der Waals surface area contributed by atoms with E-state index < -0.39 is 5.97 Å². The molecule has 0 radical (unpaired) electrons. The van der Waals surface area contributed by atoms with Crippen LogP contribution in [-0.4, -0.2) is 34.6 Å². The van der Waals surface area contributed by atoms with E-state index in [2.05, 4.69) is 24.4 Å². The standard InChI is InChI=1S/C20H21NO4S/c1-13-8-17-9-16(6-7-18(17)25-13)15-4-2-14(3-5-15)10-21-19(22)11-26-12-20(23)24/h2-7,9,13H,8,10-12H2,1H3,(H,21,22)(H,23,24). The molecular formula is C20H21NO4S. The molecule has 2 aromatic rings. The number of carbonyl (C=O) groups is 2. The highest BCUT2D eigenvalue weighted by atomic mass is 32.2. The Kier molecular flexibility index (Phi) is 5.83. The number of ether oxygens (including phenoxy) is 1. The summed E-state index contributed by atoms with van der Waals surface area (Å²) in [6.07, 6.45) is 1.17. The van der Waals surface area contributed by atoms with Gasteiger partial charge in [0.15, 0.2) is 0 Å². The molecule has 1 heterocycles. The number of carboxylic acids is 1. The Balaban J connectivity index is 1.55. The lowest BCUT2D eigenvalue weighted by atomic mass is 10.00. The highest BCUT2D eigenvalue weighted by molar-refractivity contribution is 8.00. The molecule has 136 valence electrons. The second-order valence-corrected chi connectivity index (χ2v) is 7.30. The first-order valence-corrected chi connectivity index (χ1v) is 9.62. The second kappa shape index (κ2) is 8.27. The molecule has 1 atom stereocenters. The SMILES string of the molecule is CC1Cc2cc(-c3ccc(CNC(=O)CSCC(=O)O)cc3)ccc2O1. The van der Waals surface area contributed by atoms with E-state index in [0.29, 0.717) is 6.54 Å². The van der Waals surface area contributed by atoms with Gasteiger partial charge in [0.2, 0.25) is 5.91 Å². The summed E-state index contributed by atoms with van der Waals surface area (Å²) in [6.45, 7) is 2.51. The van der Waals surface area contributed by atoms with Gasteiger partial charge in [-0.1, -0.05) is 30.3 Å². The van der Waals surface area contributed by atoms with Gasteiger partial charge in [-0.25, -0.2) is 0 Å². The highest BCUT2D eigenvalue weighted by Crippen LogP contribution is 2.32. The smallest absolute Gasteiger partial charge is 0.313 e. The van der Waals surface area contributed by atoms with Crippen molar-refractivity contribution in [1.82, 2.24) is 5.32 Å². The van der Waals surface area contributed by atoms with Gasteiger partial charge in [0.1, 0.15) is 11.9 Å². The van der Waals surface area contributed by atoms with Crippen LogP contribution in [0.15, 0.2) is 42.5 Å². The zero-order valence-corrected chi connectivity index (χ0v) is 15.3. The average Bonchev–Trinajstić information content (AvgIpc) is 2.99. The van der Waals surface area contributed by atoms with Crippen molar-refractivity contribution < 1.29 is 19.4 Å². The summed E-state index contributed by atoms with van der Waals surface area (Å²) in [6, 6.07) is 14.3. The van der Waals surface area contributed by atoms with Crippen molar-refractivity contribution in [3.63, 3.8) is 0 Å². The van der Waals surface area contributed by atoms with Crippen LogP contribution in [0.3, 0.4) is 0 Å². The second-order valence-electron chi connectivity index (χ2n) is 6.32. The van der Waals surface area contributed by atoms with Gasteiger partial charge in [-0.05, 0) is 41.3 Å². The van der Waals surface area contributed by atoms with E-state index in [-0.39, 0.29) is 23.5 Å². The van der Waals surface area contributed by atoms with Gasteiger partial charge in [-0.3, -0.25) is 9.59 Å². The minimum absolute atomic E-state index is 0.0628. The van der Waals surface area contributed by atoms with E-state index in [1.165, 1.54) is 5.56 Å². The van der Waals surface area contributed by atoms with E-state index in [0.717, 1.165) is 40.6 Å². The predicted molar refractivity (Wildman–Crippen MR) is 102 cm³/mol. The Bertz CT molecular complexity index is 804. The third kappa shape index (κ3) is 4.79. The number of carboxylic acid groups (broad SMARTS) is 1. The molecule has 0 bridgehead atoms. The number of rotatable bonds is 7. The average molecular weight is 371 g/mol. The molecule has 0 fully saturated rings. The van der Waals surface area contributed by atoms with Crippen molar-refractivity contribution in [3.8, 4) is 16.9 Å². The van der Waals surface area contributed by atoms with Gasteiger partial charge in [-0.15, -0.1) is 11.8 Å². The van der Waals surface area contributed by atoms with Crippen molar-refractivity contribution in [3.05, 3.63) is 53.6 Å². The fourth-order valence-corrected chi connectivity index (χ4v) is 3.46. The maximum absolute atomic E-state index is 11.7. The summed E-state index contributed by atoms with van der Waals surface area (Å²) in [5.74, 6) is -0.00687. The van der Waals surface area contributed by atoms with Crippen molar-refractivity contribution in [2.75, 3.05) is 11.5 Å². The predicted octanol–water partition coefficient (Wildman–Crippen LogP) is 3.11. The lowest BCUT2D eigenvalue weighted by Crippen LogP contribution is -2.25. The first-order chi connectivity index (χ1) is 12.5. The van der Waals surface area contributed by atoms with E-state index in [9.17, 15) is 9.59 Å². The summed E-state index contributed by atoms with van der Waals surface area (Å²) in [5, 5.41) is 11.4. The van der Waals surface area contributed by atoms with Crippen LogP contribution < -0.4 is 10.1 Å². The van der Waals surface area contributed by atoms with Crippen LogP contribution in [-0.2, 0) is 22.6 Å². The van der Waals surface area contributed by atoms with Gasteiger partial charge in [0.25, 0.3) is 0 Å². The number of thioether (sulfide) groups is 1.